The van der Waals surface area contributed by atoms with E-state index in [-0.39, 0.29) is 0 Å². The Morgan fingerprint density at radius 2 is 2.00 bits per heavy atom. The van der Waals surface area contributed by atoms with Crippen molar-refractivity contribution in [1.29, 1.82) is 0 Å². The number of nitrogens with one attached hydrogen (secondary N) is 1. The van der Waals surface area contributed by atoms with Crippen molar-refractivity contribution in [3.8, 4) is 0 Å². The highest BCUT2D eigenvalue weighted by Crippen LogP contribution is 2.16. The Morgan fingerprint density at radius 1 is 1.35 bits per heavy atom. The second-order valence-corrected chi connectivity index (χ2v) is 4.57. The Morgan fingerprint density at radius 3 is 2.53 bits per heavy atom. The third kappa shape index (κ3) is 2.65. The van der Waals surface area contributed by atoms with Gasteiger partial charge >= 0.3 is 0 Å². The van der Waals surface area contributed by atoms with Gasteiger partial charge < -0.3 is 5.10 Å². The Bertz CT molecular complexity index is 608. The largest absolute Gasteiger partial charge is 0.301 e. The molecule has 0 aliphatic carbocycles. The summed E-state index contributed by atoms with van der Waals surface area (Å²) in [5.41, 5.74) is 2.81. The van der Waals surface area contributed by atoms with Gasteiger partial charge in [0.25, 0.3) is 0 Å². The van der Waals surface area contributed by atoms with Crippen molar-refractivity contribution in [2.75, 3.05) is 0 Å². The zero-order chi connectivity index (χ0) is 12.4. The Kier molecular flexibility index (Phi) is 3.45. The number of rotatable bonds is 2. The quantitative estimate of drug-likeness (QED) is 0.650. The smallest absolute Gasteiger partial charge is 0.130 e. The molecule has 1 N–H and O–H groups in total. The molecule has 2 aromatic rings. The topological polar surface area (TPSA) is 33.1 Å². The van der Waals surface area contributed by atoms with Crippen LogP contribution < -0.4 is 0 Å². The molecule has 3 nitrogen and oxygen atoms in total. The van der Waals surface area contributed by atoms with E-state index in [1.807, 2.05) is 38.2 Å². The summed E-state index contributed by atoms with van der Waals surface area (Å²) >= 11 is 11.1. The van der Waals surface area contributed by atoms with Crippen LogP contribution in [0.2, 0.25) is 5.02 Å². The maximum atomic E-state index is 5.81. The fourth-order valence-electron chi connectivity index (χ4n) is 1.52. The van der Waals surface area contributed by atoms with Gasteiger partial charge in [-0.05, 0) is 31.2 Å². The van der Waals surface area contributed by atoms with E-state index in [1.54, 1.807) is 10.9 Å². The van der Waals surface area contributed by atoms with Gasteiger partial charge in [-0.15, -0.1) is 0 Å². The molecule has 2 rings (SSSR count). The number of halogens is 1. The van der Waals surface area contributed by atoms with E-state index in [9.17, 15) is 0 Å². The summed E-state index contributed by atoms with van der Waals surface area (Å²) in [5.74, 6) is 0. The minimum atomic E-state index is 0.706. The molecule has 5 heteroatoms. The van der Waals surface area contributed by atoms with Crippen molar-refractivity contribution in [1.82, 2.24) is 9.78 Å². The van der Waals surface area contributed by atoms with Crippen LogP contribution in [0, 0.1) is 11.6 Å². The Labute approximate surface area is 110 Å². The lowest BCUT2D eigenvalue weighted by molar-refractivity contribution is 0.747. The molecule has 1 heterocycles. The van der Waals surface area contributed by atoms with Gasteiger partial charge in [0.2, 0.25) is 0 Å². The predicted octanol–water partition coefficient (Wildman–Crippen LogP) is 3.80. The van der Waals surface area contributed by atoms with E-state index in [1.165, 1.54) is 0 Å². The minimum Gasteiger partial charge on any atom is -0.301 e. The monoisotopic (exact) mass is 265 g/mol. The van der Waals surface area contributed by atoms with Gasteiger partial charge in [-0.2, -0.15) is 0 Å². The normalized spacial score (nSPS) is 11.2. The van der Waals surface area contributed by atoms with Crippen LogP contribution in [0.4, 0.5) is 5.69 Å². The molecular formula is C12H12ClN3S. The van der Waals surface area contributed by atoms with Crippen molar-refractivity contribution >= 4 is 35.7 Å². The summed E-state index contributed by atoms with van der Waals surface area (Å²) in [6, 6.07) is 7.35. The summed E-state index contributed by atoms with van der Waals surface area (Å²) in [6.45, 7) is 1.97. The first-order valence-corrected chi connectivity index (χ1v) is 5.92. The molecule has 0 aliphatic rings. The molecule has 88 valence electrons. The zero-order valence-corrected chi connectivity index (χ0v) is 11.1. The average molecular weight is 266 g/mol. The van der Waals surface area contributed by atoms with E-state index in [0.717, 1.165) is 21.6 Å². The summed E-state index contributed by atoms with van der Waals surface area (Å²) in [4.78, 5) is 4.37. The van der Waals surface area contributed by atoms with Crippen LogP contribution >= 0.6 is 23.8 Å². The van der Waals surface area contributed by atoms with Gasteiger partial charge in [0.1, 0.15) is 4.64 Å². The number of aliphatic imine (C=N–C) groups is 1. The van der Waals surface area contributed by atoms with Crippen LogP contribution in [0.15, 0.2) is 29.3 Å². The molecule has 0 aliphatic heterocycles. The highest BCUT2D eigenvalue weighted by Gasteiger charge is 2.02. The lowest BCUT2D eigenvalue weighted by Gasteiger charge is -1.93. The maximum absolute atomic E-state index is 5.81. The number of hydrogen-bond acceptors (Lipinski definition) is 2. The van der Waals surface area contributed by atoms with Crippen LogP contribution in [0.5, 0.6) is 0 Å². The molecule has 0 saturated heterocycles. The van der Waals surface area contributed by atoms with Crippen molar-refractivity contribution in [2.45, 2.75) is 6.92 Å². The zero-order valence-electron chi connectivity index (χ0n) is 9.57. The molecule has 0 saturated carbocycles. The predicted molar refractivity (Wildman–Crippen MR) is 74.0 cm³/mol. The van der Waals surface area contributed by atoms with Crippen molar-refractivity contribution in [3.05, 3.63) is 45.2 Å². The number of H-pyrrole nitrogens is 1. The molecule has 0 atom stereocenters. The molecule has 0 fully saturated rings. The van der Waals surface area contributed by atoms with Gasteiger partial charge in [0.15, 0.2) is 0 Å². The molecule has 0 spiro atoms. The molecule has 0 radical (unpaired) electrons. The third-order valence-electron chi connectivity index (χ3n) is 2.44. The van der Waals surface area contributed by atoms with E-state index >= 15 is 0 Å². The summed E-state index contributed by atoms with van der Waals surface area (Å²) < 4.78 is 2.55. The van der Waals surface area contributed by atoms with E-state index in [2.05, 4.69) is 10.1 Å². The summed E-state index contributed by atoms with van der Waals surface area (Å²) in [6.07, 6.45) is 1.78. The van der Waals surface area contributed by atoms with Gasteiger partial charge in [-0.25, -0.2) is 0 Å². The van der Waals surface area contributed by atoms with Crippen LogP contribution in [0.25, 0.3) is 0 Å². The molecule has 1 aromatic heterocycles. The molecule has 0 amide bonds. The number of aromatic nitrogens is 2. The van der Waals surface area contributed by atoms with Gasteiger partial charge in [-0.3, -0.25) is 9.67 Å². The molecule has 17 heavy (non-hydrogen) atoms. The van der Waals surface area contributed by atoms with Gasteiger partial charge in [0, 0.05) is 29.5 Å². The molecule has 0 bridgehead atoms. The number of benzene rings is 1. The lowest BCUT2D eigenvalue weighted by Crippen LogP contribution is -1.88. The Balaban J connectivity index is 2.32. The molecule has 0 unspecified atom stereocenters. The Hall–Kier alpha value is -1.39. The minimum absolute atomic E-state index is 0.706. The number of aromatic amines is 1. The second kappa shape index (κ2) is 4.85. The van der Waals surface area contributed by atoms with Crippen molar-refractivity contribution < 1.29 is 0 Å². The fourth-order valence-corrected chi connectivity index (χ4v) is 1.90. The number of aryl methyl sites for hydroxylation is 2. The maximum Gasteiger partial charge on any atom is 0.130 e. The van der Waals surface area contributed by atoms with Crippen LogP contribution in [-0.4, -0.2) is 16.0 Å². The standard InChI is InChI=1S/C12H12ClN3S/c1-8-11(12(17)16(2)15-8)7-14-10-5-3-9(13)4-6-10/h3-7,15H,1-2H3. The van der Waals surface area contributed by atoms with Crippen LogP contribution in [0.3, 0.4) is 0 Å². The first-order chi connectivity index (χ1) is 8.08. The summed E-state index contributed by atoms with van der Waals surface area (Å²) in [7, 11) is 1.88. The first-order valence-electron chi connectivity index (χ1n) is 5.13. The molecule has 1 aromatic carbocycles. The van der Waals surface area contributed by atoms with Crippen LogP contribution in [0.1, 0.15) is 11.3 Å². The fraction of sp³-hybridized carbons (Fsp3) is 0.167. The SMILES string of the molecule is Cc1[nH]n(C)c(=S)c1C=Nc1ccc(Cl)cc1. The average Bonchev–Trinajstić information content (AvgIpc) is 2.54. The van der Waals surface area contributed by atoms with E-state index in [0.29, 0.717) is 5.02 Å². The van der Waals surface area contributed by atoms with Gasteiger partial charge in [-0.1, -0.05) is 23.8 Å². The van der Waals surface area contributed by atoms with Crippen molar-refractivity contribution in [2.24, 2.45) is 12.0 Å². The lowest BCUT2D eigenvalue weighted by atomic mass is 10.3. The highest BCUT2D eigenvalue weighted by molar-refractivity contribution is 7.71. The van der Waals surface area contributed by atoms with E-state index < -0.39 is 0 Å². The van der Waals surface area contributed by atoms with Crippen LogP contribution in [-0.2, 0) is 7.05 Å². The third-order valence-corrected chi connectivity index (χ3v) is 3.19. The van der Waals surface area contributed by atoms with Crippen molar-refractivity contribution in [3.63, 3.8) is 0 Å². The number of hydrogen-bond donors (Lipinski definition) is 1. The summed E-state index contributed by atoms with van der Waals surface area (Å²) in [5, 5.41) is 3.83. The second-order valence-electron chi connectivity index (χ2n) is 3.75. The van der Waals surface area contributed by atoms with E-state index in [4.69, 9.17) is 23.8 Å². The number of nitrogens with zero attached hydrogens (tertiary/aromatic N) is 2. The van der Waals surface area contributed by atoms with Gasteiger partial charge in [0.05, 0.1) is 5.69 Å². The first kappa shape index (κ1) is 12.1. The highest BCUT2D eigenvalue weighted by atomic mass is 35.5. The molecular weight excluding hydrogens is 254 g/mol.